The van der Waals surface area contributed by atoms with E-state index in [9.17, 15) is 13.6 Å². The fourth-order valence-electron chi connectivity index (χ4n) is 5.85. The van der Waals surface area contributed by atoms with Crippen molar-refractivity contribution in [2.75, 3.05) is 26.2 Å². The summed E-state index contributed by atoms with van der Waals surface area (Å²) in [5, 5.41) is 4.16. The number of hydrogen-bond acceptors (Lipinski definition) is 5. The van der Waals surface area contributed by atoms with E-state index in [0.29, 0.717) is 34.8 Å². The van der Waals surface area contributed by atoms with E-state index in [-0.39, 0.29) is 30.4 Å². The zero-order valence-corrected chi connectivity index (χ0v) is 22.9. The molecule has 1 aromatic carbocycles. The molecule has 3 aromatic heterocycles. The lowest BCUT2D eigenvalue weighted by Crippen LogP contribution is -2.49. The van der Waals surface area contributed by atoms with Gasteiger partial charge in [0, 0.05) is 92.7 Å². The van der Waals surface area contributed by atoms with Crippen molar-refractivity contribution >= 4 is 16.9 Å². The van der Waals surface area contributed by atoms with Crippen LogP contribution in [0, 0.1) is 17.7 Å². The number of hydrogen-bond donors (Lipinski definition) is 1. The summed E-state index contributed by atoms with van der Waals surface area (Å²) in [6.07, 6.45) is 7.26. The zero-order valence-electron chi connectivity index (χ0n) is 22.9. The van der Waals surface area contributed by atoms with Crippen LogP contribution in [0.2, 0.25) is 0 Å². The van der Waals surface area contributed by atoms with Gasteiger partial charge in [-0.25, -0.2) is 18.2 Å². The third kappa shape index (κ3) is 5.23. The second-order valence-corrected chi connectivity index (χ2v) is 11.7. The van der Waals surface area contributed by atoms with Crippen LogP contribution in [0.4, 0.5) is 13.2 Å². The van der Waals surface area contributed by atoms with E-state index < -0.39 is 17.7 Å². The molecule has 214 valence electrons. The maximum Gasteiger partial charge on any atom is 0.253 e. The average molecular weight is 564 g/mol. The number of pyridine rings is 1. The number of amides is 1. The predicted octanol–water partition coefficient (Wildman–Crippen LogP) is 4.82. The van der Waals surface area contributed by atoms with Crippen molar-refractivity contribution in [2.24, 2.45) is 11.8 Å². The first kappa shape index (κ1) is 26.2. The summed E-state index contributed by atoms with van der Waals surface area (Å²) in [5.74, 6) is -2.63. The minimum absolute atomic E-state index is 0.115. The molecule has 1 aliphatic heterocycles. The predicted molar refractivity (Wildman–Crippen MR) is 147 cm³/mol. The lowest BCUT2D eigenvalue weighted by Gasteiger charge is -2.38. The molecular weight excluding hydrogens is 531 g/mol. The van der Waals surface area contributed by atoms with Gasteiger partial charge in [0.05, 0.1) is 11.7 Å². The molecule has 11 heteroatoms. The number of benzene rings is 1. The summed E-state index contributed by atoms with van der Waals surface area (Å²) in [6.45, 7) is 5.50. The molecule has 2 atom stereocenters. The van der Waals surface area contributed by atoms with E-state index in [2.05, 4.69) is 37.9 Å². The zero-order chi connectivity index (χ0) is 28.3. The Bertz CT molecular complexity index is 1600. The molecule has 7 rings (SSSR count). The van der Waals surface area contributed by atoms with Crippen LogP contribution in [0.1, 0.15) is 49.3 Å². The number of H-pyrrole nitrogens is 1. The highest BCUT2D eigenvalue weighted by Gasteiger charge is 2.56. The van der Waals surface area contributed by atoms with Crippen LogP contribution >= 0.6 is 0 Å². The first-order valence-corrected chi connectivity index (χ1v) is 14.3. The molecule has 4 aromatic rings. The van der Waals surface area contributed by atoms with Gasteiger partial charge in [0.25, 0.3) is 5.92 Å². The molecule has 2 aliphatic carbocycles. The summed E-state index contributed by atoms with van der Waals surface area (Å²) >= 11 is 0. The standard InChI is InChI=1S/C30H32F3N7O/c1-18(38-8-10-39(11-9-38)29(41)19-2-3-19)20-6-7-34-23(12-20)13-26-36-25-5-4-24(27(31)28(25)37-26)21-15-35-40(16-21)17-22-14-30(22,32)33/h4-7,12,15-16,18-19,22H,2-3,8-11,13-14,17H2,1H3,(H,36,37). The number of carbonyl (C=O) groups excluding carboxylic acids is 1. The highest BCUT2D eigenvalue weighted by atomic mass is 19.3. The van der Waals surface area contributed by atoms with Gasteiger partial charge < -0.3 is 9.88 Å². The van der Waals surface area contributed by atoms with Crippen molar-refractivity contribution in [1.29, 1.82) is 0 Å². The Balaban J connectivity index is 1.03. The van der Waals surface area contributed by atoms with Crippen molar-refractivity contribution in [3.05, 3.63) is 65.8 Å². The Kier molecular flexibility index (Phi) is 6.37. The van der Waals surface area contributed by atoms with Crippen molar-refractivity contribution in [3.63, 3.8) is 0 Å². The highest BCUT2D eigenvalue weighted by Crippen LogP contribution is 2.49. The smallest absolute Gasteiger partial charge is 0.253 e. The minimum Gasteiger partial charge on any atom is -0.342 e. The second-order valence-electron chi connectivity index (χ2n) is 11.7. The fraction of sp³-hybridized carbons (Fsp3) is 0.467. The number of nitrogens with one attached hydrogen (secondary N) is 1. The summed E-state index contributed by atoms with van der Waals surface area (Å²) < 4.78 is 43.6. The van der Waals surface area contributed by atoms with Crippen LogP contribution in [-0.4, -0.2) is 72.5 Å². The van der Waals surface area contributed by atoms with E-state index in [0.717, 1.165) is 50.3 Å². The van der Waals surface area contributed by atoms with Gasteiger partial charge in [-0.1, -0.05) is 0 Å². The van der Waals surface area contributed by atoms with Crippen LogP contribution in [0.3, 0.4) is 0 Å². The topological polar surface area (TPSA) is 82.9 Å². The van der Waals surface area contributed by atoms with Crippen LogP contribution in [0.5, 0.6) is 0 Å². The molecule has 1 N–H and O–H groups in total. The molecule has 1 amide bonds. The van der Waals surface area contributed by atoms with E-state index in [1.54, 1.807) is 24.5 Å². The Morgan fingerprint density at radius 3 is 2.68 bits per heavy atom. The number of alkyl halides is 2. The summed E-state index contributed by atoms with van der Waals surface area (Å²) in [5.41, 5.74) is 3.63. The summed E-state index contributed by atoms with van der Waals surface area (Å²) in [4.78, 5) is 29.1. The van der Waals surface area contributed by atoms with E-state index in [4.69, 9.17) is 0 Å². The third-order valence-electron chi connectivity index (χ3n) is 8.72. The third-order valence-corrected chi connectivity index (χ3v) is 8.72. The molecule has 0 radical (unpaired) electrons. The van der Waals surface area contributed by atoms with Crippen LogP contribution < -0.4 is 0 Å². The molecule has 41 heavy (non-hydrogen) atoms. The highest BCUT2D eigenvalue weighted by molar-refractivity contribution is 5.83. The second kappa shape index (κ2) is 9.97. The largest absolute Gasteiger partial charge is 0.342 e. The molecule has 3 aliphatic rings. The number of piperazine rings is 1. The number of nitrogens with zero attached hydrogens (tertiary/aromatic N) is 6. The Labute approximate surface area is 235 Å². The summed E-state index contributed by atoms with van der Waals surface area (Å²) in [7, 11) is 0. The maximum absolute atomic E-state index is 15.5. The molecule has 4 heterocycles. The fourth-order valence-corrected chi connectivity index (χ4v) is 5.85. The molecule has 8 nitrogen and oxygen atoms in total. The number of carbonyl (C=O) groups is 1. The molecule has 3 fully saturated rings. The van der Waals surface area contributed by atoms with Crippen LogP contribution in [0.25, 0.3) is 22.2 Å². The van der Waals surface area contributed by atoms with Gasteiger partial charge in [-0.05, 0) is 49.6 Å². The van der Waals surface area contributed by atoms with Gasteiger partial charge in [0.15, 0.2) is 5.82 Å². The van der Waals surface area contributed by atoms with E-state index in [1.165, 1.54) is 10.9 Å². The summed E-state index contributed by atoms with van der Waals surface area (Å²) in [6, 6.07) is 7.70. The van der Waals surface area contributed by atoms with Crippen molar-refractivity contribution in [2.45, 2.75) is 51.1 Å². The molecule has 2 saturated carbocycles. The van der Waals surface area contributed by atoms with Crippen molar-refractivity contribution < 1.29 is 18.0 Å². The first-order valence-electron chi connectivity index (χ1n) is 14.3. The van der Waals surface area contributed by atoms with Crippen molar-refractivity contribution in [3.8, 4) is 11.1 Å². The Hall–Kier alpha value is -3.73. The Morgan fingerprint density at radius 2 is 1.95 bits per heavy atom. The lowest BCUT2D eigenvalue weighted by atomic mass is 10.1. The molecule has 0 spiro atoms. The van der Waals surface area contributed by atoms with Crippen LogP contribution in [0.15, 0.2) is 42.9 Å². The molecule has 2 unspecified atom stereocenters. The Morgan fingerprint density at radius 1 is 1.17 bits per heavy atom. The molecular formula is C30H32F3N7O. The van der Waals surface area contributed by atoms with E-state index >= 15 is 4.39 Å². The van der Waals surface area contributed by atoms with Gasteiger partial charge in [0.1, 0.15) is 11.3 Å². The lowest BCUT2D eigenvalue weighted by molar-refractivity contribution is -0.134. The number of aromatic amines is 1. The number of aromatic nitrogens is 5. The van der Waals surface area contributed by atoms with E-state index in [1.807, 2.05) is 11.0 Å². The number of halogens is 3. The molecule has 0 bridgehead atoms. The normalized spacial score (nSPS) is 21.4. The molecule has 1 saturated heterocycles. The SMILES string of the molecule is CC(c1ccnc(Cc2nc3c(F)c(-c4cnn(CC5CC5(F)F)c4)ccc3[nH]2)c1)N1CCN(C(=O)C2CC2)CC1. The van der Waals surface area contributed by atoms with Crippen LogP contribution in [-0.2, 0) is 17.8 Å². The minimum atomic E-state index is -2.62. The van der Waals surface area contributed by atoms with Gasteiger partial charge in [0.2, 0.25) is 5.91 Å². The number of fused-ring (bicyclic) bond motifs is 1. The number of rotatable bonds is 8. The van der Waals surface area contributed by atoms with Gasteiger partial charge in [-0.2, -0.15) is 5.10 Å². The van der Waals surface area contributed by atoms with Gasteiger partial charge in [-0.15, -0.1) is 0 Å². The average Bonchev–Trinajstić information content (AvgIpc) is 3.80. The maximum atomic E-state index is 15.5. The van der Waals surface area contributed by atoms with Crippen molar-refractivity contribution in [1.82, 2.24) is 34.5 Å². The monoisotopic (exact) mass is 563 g/mol. The quantitative estimate of drug-likeness (QED) is 0.332. The van der Waals surface area contributed by atoms with Gasteiger partial charge >= 0.3 is 0 Å². The number of imidazole rings is 1. The first-order chi connectivity index (χ1) is 19.7. The van der Waals surface area contributed by atoms with Gasteiger partial charge in [-0.3, -0.25) is 19.4 Å².